The van der Waals surface area contributed by atoms with E-state index in [1.54, 1.807) is 0 Å². The maximum Gasteiger partial charge on any atom is 0.0488 e. The Morgan fingerprint density at radius 1 is 0.929 bits per heavy atom. The molecule has 0 N–H and O–H groups in total. The van der Waals surface area contributed by atoms with E-state index < -0.39 is 0 Å². The molecule has 69 valence electrons. The summed E-state index contributed by atoms with van der Waals surface area (Å²) in [6.07, 6.45) is 0. The summed E-state index contributed by atoms with van der Waals surface area (Å²) in [5, 5.41) is 0. The summed E-state index contributed by atoms with van der Waals surface area (Å²) in [4.78, 5) is 2.11. The highest BCUT2D eigenvalue weighted by atomic mass is 15.1. The second-order valence-corrected chi connectivity index (χ2v) is 3.14. The van der Waals surface area contributed by atoms with Crippen molar-refractivity contribution in [1.29, 1.82) is 0 Å². The van der Waals surface area contributed by atoms with Gasteiger partial charge in [-0.05, 0) is 18.2 Å². The third-order valence-corrected chi connectivity index (χ3v) is 2.20. The molecular formula is C13H12N. The molecule has 0 spiro atoms. The Bertz CT molecular complexity index is 341. The van der Waals surface area contributed by atoms with E-state index >= 15 is 0 Å². The predicted molar refractivity (Wildman–Crippen MR) is 59.8 cm³/mol. The van der Waals surface area contributed by atoms with Gasteiger partial charge in [0.2, 0.25) is 0 Å². The fraction of sp³-hybridized carbons (Fsp3) is 0.0769. The zero-order valence-corrected chi connectivity index (χ0v) is 8.14. The van der Waals surface area contributed by atoms with E-state index in [1.165, 1.54) is 5.69 Å². The molecule has 2 rings (SSSR count). The molecule has 0 unspecified atom stereocenters. The van der Waals surface area contributed by atoms with Crippen LogP contribution in [0, 0.1) is 6.07 Å². The van der Waals surface area contributed by atoms with Crippen LogP contribution >= 0.6 is 0 Å². The Balaban J connectivity index is 2.30. The number of anilines is 2. The van der Waals surface area contributed by atoms with E-state index in [9.17, 15) is 0 Å². The lowest BCUT2D eigenvalue weighted by Crippen LogP contribution is -2.08. The molecule has 2 aromatic rings. The van der Waals surface area contributed by atoms with Crippen LogP contribution in [-0.4, -0.2) is 7.05 Å². The van der Waals surface area contributed by atoms with E-state index in [2.05, 4.69) is 23.1 Å². The first kappa shape index (κ1) is 8.82. The van der Waals surface area contributed by atoms with Crippen molar-refractivity contribution >= 4 is 11.4 Å². The number of hydrogen-bond acceptors (Lipinski definition) is 1. The van der Waals surface area contributed by atoms with Gasteiger partial charge in [-0.2, -0.15) is 0 Å². The Morgan fingerprint density at radius 2 is 1.64 bits per heavy atom. The maximum absolute atomic E-state index is 3.19. The van der Waals surface area contributed by atoms with Gasteiger partial charge in [-0.25, -0.2) is 0 Å². The highest BCUT2D eigenvalue weighted by Gasteiger charge is 2.00. The van der Waals surface area contributed by atoms with Crippen molar-refractivity contribution < 1.29 is 0 Å². The Hall–Kier alpha value is -1.76. The van der Waals surface area contributed by atoms with Gasteiger partial charge >= 0.3 is 0 Å². The molecule has 0 heterocycles. The highest BCUT2D eigenvalue weighted by Crippen LogP contribution is 2.21. The monoisotopic (exact) mass is 182 g/mol. The summed E-state index contributed by atoms with van der Waals surface area (Å²) in [7, 11) is 2.04. The Morgan fingerprint density at radius 3 is 2.29 bits per heavy atom. The largest absolute Gasteiger partial charge is 0.344 e. The second-order valence-electron chi connectivity index (χ2n) is 3.14. The van der Waals surface area contributed by atoms with Gasteiger partial charge in [0.25, 0.3) is 0 Å². The quantitative estimate of drug-likeness (QED) is 0.689. The average Bonchev–Trinajstić information content (AvgIpc) is 2.30. The fourth-order valence-electron chi connectivity index (χ4n) is 1.38. The molecule has 0 amide bonds. The topological polar surface area (TPSA) is 3.24 Å². The molecule has 0 saturated heterocycles. The van der Waals surface area contributed by atoms with Crippen LogP contribution < -0.4 is 4.90 Å². The van der Waals surface area contributed by atoms with Crippen LogP contribution in [0.3, 0.4) is 0 Å². The van der Waals surface area contributed by atoms with Crippen LogP contribution in [0.25, 0.3) is 0 Å². The maximum atomic E-state index is 3.19. The van der Waals surface area contributed by atoms with Gasteiger partial charge in [-0.1, -0.05) is 36.4 Å². The molecule has 2 aromatic carbocycles. The van der Waals surface area contributed by atoms with Crippen molar-refractivity contribution in [2.75, 3.05) is 11.9 Å². The SMILES string of the molecule is CN(c1[c]cccc1)c1ccccc1. The molecule has 0 aliphatic carbocycles. The normalized spacial score (nSPS) is 9.79. The summed E-state index contributed by atoms with van der Waals surface area (Å²) in [5.74, 6) is 0. The molecule has 0 atom stereocenters. The second kappa shape index (κ2) is 3.97. The first-order valence-electron chi connectivity index (χ1n) is 4.63. The van der Waals surface area contributed by atoms with Gasteiger partial charge < -0.3 is 4.90 Å². The van der Waals surface area contributed by atoms with Crippen molar-refractivity contribution in [3.05, 3.63) is 60.7 Å². The summed E-state index contributed by atoms with van der Waals surface area (Å²) in [5.41, 5.74) is 2.26. The van der Waals surface area contributed by atoms with Gasteiger partial charge in [-0.15, -0.1) is 0 Å². The van der Waals surface area contributed by atoms with Crippen LogP contribution in [0.2, 0.25) is 0 Å². The molecule has 0 aliphatic heterocycles. The molecule has 0 aromatic heterocycles. The van der Waals surface area contributed by atoms with E-state index in [4.69, 9.17) is 0 Å². The standard InChI is InChI=1S/C13H12N/c1-14(12-8-4-2-5-9-12)13-10-6-3-7-11-13/h2-10H,1H3. The first-order valence-corrected chi connectivity index (χ1v) is 4.63. The van der Waals surface area contributed by atoms with E-state index in [0.29, 0.717) is 0 Å². The summed E-state index contributed by atoms with van der Waals surface area (Å²) in [6.45, 7) is 0. The lowest BCUT2D eigenvalue weighted by Gasteiger charge is -2.18. The number of benzene rings is 2. The number of rotatable bonds is 2. The lowest BCUT2D eigenvalue weighted by molar-refractivity contribution is 1.21. The van der Waals surface area contributed by atoms with Crippen molar-refractivity contribution in [2.24, 2.45) is 0 Å². The fourth-order valence-corrected chi connectivity index (χ4v) is 1.38. The third kappa shape index (κ3) is 1.77. The van der Waals surface area contributed by atoms with Crippen molar-refractivity contribution in [3.63, 3.8) is 0 Å². The van der Waals surface area contributed by atoms with E-state index in [-0.39, 0.29) is 0 Å². The molecule has 1 nitrogen and oxygen atoms in total. The summed E-state index contributed by atoms with van der Waals surface area (Å²) < 4.78 is 0. The summed E-state index contributed by atoms with van der Waals surface area (Å²) in [6, 6.07) is 21.4. The minimum absolute atomic E-state index is 1.08. The number of hydrogen-bond donors (Lipinski definition) is 0. The van der Waals surface area contributed by atoms with Crippen LogP contribution in [-0.2, 0) is 0 Å². The zero-order valence-electron chi connectivity index (χ0n) is 8.14. The predicted octanol–water partition coefficient (Wildman–Crippen LogP) is 3.25. The summed E-state index contributed by atoms with van der Waals surface area (Å²) >= 11 is 0. The van der Waals surface area contributed by atoms with Gasteiger partial charge in [0.1, 0.15) is 0 Å². The van der Waals surface area contributed by atoms with Crippen molar-refractivity contribution in [3.8, 4) is 0 Å². The van der Waals surface area contributed by atoms with Crippen molar-refractivity contribution in [1.82, 2.24) is 0 Å². The minimum atomic E-state index is 1.08. The number of nitrogens with zero attached hydrogens (tertiary/aromatic N) is 1. The minimum Gasteiger partial charge on any atom is -0.344 e. The van der Waals surface area contributed by atoms with Gasteiger partial charge in [0.05, 0.1) is 0 Å². The van der Waals surface area contributed by atoms with Crippen LogP contribution in [0.1, 0.15) is 0 Å². The van der Waals surface area contributed by atoms with Crippen LogP contribution in [0.5, 0.6) is 0 Å². The van der Waals surface area contributed by atoms with E-state index in [1.807, 2.05) is 49.5 Å². The van der Waals surface area contributed by atoms with Gasteiger partial charge in [0.15, 0.2) is 0 Å². The van der Waals surface area contributed by atoms with Crippen molar-refractivity contribution in [2.45, 2.75) is 0 Å². The Labute approximate surface area is 84.6 Å². The van der Waals surface area contributed by atoms with Crippen LogP contribution in [0.15, 0.2) is 54.6 Å². The van der Waals surface area contributed by atoms with Gasteiger partial charge in [-0.3, -0.25) is 0 Å². The zero-order chi connectivity index (χ0) is 9.80. The molecule has 1 heteroatoms. The molecule has 0 fully saturated rings. The third-order valence-electron chi connectivity index (χ3n) is 2.20. The Kier molecular flexibility index (Phi) is 2.50. The molecular weight excluding hydrogens is 170 g/mol. The van der Waals surface area contributed by atoms with E-state index in [0.717, 1.165) is 5.69 Å². The molecule has 0 saturated carbocycles. The average molecular weight is 182 g/mol. The lowest BCUT2D eigenvalue weighted by atomic mass is 10.2. The first-order chi connectivity index (χ1) is 6.88. The molecule has 0 bridgehead atoms. The molecule has 14 heavy (non-hydrogen) atoms. The van der Waals surface area contributed by atoms with Crippen LogP contribution in [0.4, 0.5) is 11.4 Å². The molecule has 0 aliphatic rings. The molecule has 1 radical (unpaired) electrons. The van der Waals surface area contributed by atoms with Gasteiger partial charge in [0, 0.05) is 24.5 Å². The number of para-hydroxylation sites is 2. The highest BCUT2D eigenvalue weighted by molar-refractivity contribution is 5.61. The smallest absolute Gasteiger partial charge is 0.0488 e.